The number of carbonyl (C=O) groups is 1. The van der Waals surface area contributed by atoms with Crippen LogP contribution in [-0.4, -0.2) is 17.9 Å². The fourth-order valence-electron chi connectivity index (χ4n) is 1.19. The fraction of sp³-hybridized carbons (Fsp3) is 0.357. The van der Waals surface area contributed by atoms with Gasteiger partial charge in [-0.2, -0.15) is 0 Å². The Balaban J connectivity index is 2.59. The van der Waals surface area contributed by atoms with E-state index in [-0.39, 0.29) is 17.9 Å². The normalized spacial score (nSPS) is 11.4. The van der Waals surface area contributed by atoms with Gasteiger partial charge in [0.25, 0.3) is 5.24 Å². The Bertz CT molecular complexity index is 440. The molecule has 0 spiro atoms. The van der Waals surface area contributed by atoms with Gasteiger partial charge in [0.1, 0.15) is 5.75 Å². The number of amides is 1. The van der Waals surface area contributed by atoms with Gasteiger partial charge in [-0.15, -0.1) is 6.42 Å². The molecule has 4 heteroatoms. The van der Waals surface area contributed by atoms with E-state index in [2.05, 4.69) is 18.2 Å². The number of benzene rings is 1. The maximum Gasteiger partial charge on any atom is 0.284 e. The summed E-state index contributed by atoms with van der Waals surface area (Å²) in [5.74, 6) is 3.14. The van der Waals surface area contributed by atoms with Gasteiger partial charge in [0.05, 0.1) is 12.6 Å². The number of rotatable bonds is 5. The second kappa shape index (κ2) is 7.67. The van der Waals surface area contributed by atoms with E-state index >= 15 is 0 Å². The molecule has 1 rings (SSSR count). The van der Waals surface area contributed by atoms with Crippen LogP contribution in [0.15, 0.2) is 29.2 Å². The van der Waals surface area contributed by atoms with E-state index in [1.807, 2.05) is 31.2 Å². The van der Waals surface area contributed by atoms with Crippen LogP contribution in [0.5, 0.6) is 5.75 Å². The van der Waals surface area contributed by atoms with Gasteiger partial charge in [-0.3, -0.25) is 4.79 Å². The third-order valence-electron chi connectivity index (χ3n) is 2.26. The van der Waals surface area contributed by atoms with E-state index in [1.54, 1.807) is 0 Å². The van der Waals surface area contributed by atoms with Gasteiger partial charge in [-0.1, -0.05) is 18.9 Å². The predicted octanol–water partition coefficient (Wildman–Crippen LogP) is 3.30. The summed E-state index contributed by atoms with van der Waals surface area (Å²) in [5.41, 5.74) is 0. The summed E-state index contributed by atoms with van der Waals surface area (Å²) in [5, 5.41) is 2.44. The molecule has 1 N–H and O–H groups in total. The molecule has 0 saturated carbocycles. The monoisotopic (exact) mass is 263 g/mol. The quantitative estimate of drug-likeness (QED) is 0.654. The van der Waals surface area contributed by atoms with E-state index < -0.39 is 0 Å². The number of hydrogen-bond acceptors (Lipinski definition) is 3. The Hall–Kier alpha value is -1.60. The standard InChI is InChI=1S/C14H17NO2S/c1-4-9-15-14(16)18-13-8-6-7-12(10-13)17-11(3)5-2/h1,6-8,10-11H,5,9H2,2-3H3,(H,15,16)/t11-/m0/s1. The van der Waals surface area contributed by atoms with Gasteiger partial charge >= 0.3 is 0 Å². The Labute approximate surface area is 112 Å². The van der Waals surface area contributed by atoms with Crippen LogP contribution in [0.25, 0.3) is 0 Å². The molecule has 0 bridgehead atoms. The minimum absolute atomic E-state index is 0.159. The molecular formula is C14H17NO2S. The SMILES string of the molecule is C#CCNC(=O)Sc1cccc(O[C@@H](C)CC)c1. The van der Waals surface area contributed by atoms with Crippen molar-refractivity contribution in [3.05, 3.63) is 24.3 Å². The van der Waals surface area contributed by atoms with Crippen molar-refractivity contribution < 1.29 is 9.53 Å². The van der Waals surface area contributed by atoms with Gasteiger partial charge in [0.15, 0.2) is 0 Å². The lowest BCUT2D eigenvalue weighted by Gasteiger charge is -2.13. The zero-order valence-electron chi connectivity index (χ0n) is 10.6. The first-order valence-corrected chi connectivity index (χ1v) is 6.63. The molecule has 0 unspecified atom stereocenters. The van der Waals surface area contributed by atoms with Crippen molar-refractivity contribution in [3.63, 3.8) is 0 Å². The molecule has 1 atom stereocenters. The topological polar surface area (TPSA) is 38.3 Å². The molecule has 1 aromatic rings. The molecule has 18 heavy (non-hydrogen) atoms. The average molecular weight is 263 g/mol. The molecule has 96 valence electrons. The molecule has 0 aliphatic rings. The van der Waals surface area contributed by atoms with E-state index in [0.717, 1.165) is 28.8 Å². The zero-order chi connectivity index (χ0) is 13.4. The van der Waals surface area contributed by atoms with Crippen LogP contribution in [0.4, 0.5) is 4.79 Å². The smallest absolute Gasteiger partial charge is 0.284 e. The van der Waals surface area contributed by atoms with E-state index in [4.69, 9.17) is 11.2 Å². The van der Waals surface area contributed by atoms with Crippen LogP contribution in [-0.2, 0) is 0 Å². The molecule has 0 aromatic heterocycles. The molecule has 0 heterocycles. The number of hydrogen-bond donors (Lipinski definition) is 1. The Kier molecular flexibility index (Phi) is 6.16. The summed E-state index contributed by atoms with van der Waals surface area (Å²) in [6.07, 6.45) is 6.18. The minimum Gasteiger partial charge on any atom is -0.491 e. The summed E-state index contributed by atoms with van der Waals surface area (Å²) in [6, 6.07) is 7.47. The second-order valence-electron chi connectivity index (χ2n) is 3.76. The van der Waals surface area contributed by atoms with Crippen LogP contribution in [0.1, 0.15) is 20.3 Å². The van der Waals surface area contributed by atoms with E-state index in [0.29, 0.717) is 0 Å². The molecule has 0 saturated heterocycles. The largest absolute Gasteiger partial charge is 0.491 e. The molecule has 0 radical (unpaired) electrons. The fourth-order valence-corrected chi connectivity index (χ4v) is 1.87. The summed E-state index contributed by atoms with van der Waals surface area (Å²) >= 11 is 1.11. The van der Waals surface area contributed by atoms with Crippen molar-refractivity contribution in [2.75, 3.05) is 6.54 Å². The molecule has 3 nitrogen and oxygen atoms in total. The first-order chi connectivity index (χ1) is 8.65. The van der Waals surface area contributed by atoms with Crippen molar-refractivity contribution in [1.82, 2.24) is 5.32 Å². The van der Waals surface area contributed by atoms with Gasteiger partial charge < -0.3 is 10.1 Å². The maximum atomic E-state index is 11.5. The highest BCUT2D eigenvalue weighted by molar-refractivity contribution is 8.13. The van der Waals surface area contributed by atoms with Crippen molar-refractivity contribution >= 4 is 17.0 Å². The number of nitrogens with one attached hydrogen (secondary N) is 1. The van der Waals surface area contributed by atoms with Crippen LogP contribution in [0, 0.1) is 12.3 Å². The summed E-state index contributed by atoms with van der Waals surface area (Å²) in [7, 11) is 0. The first kappa shape index (κ1) is 14.5. The first-order valence-electron chi connectivity index (χ1n) is 5.81. The molecular weight excluding hydrogens is 246 g/mol. The molecule has 1 amide bonds. The highest BCUT2D eigenvalue weighted by Crippen LogP contribution is 2.24. The summed E-state index contributed by atoms with van der Waals surface area (Å²) < 4.78 is 5.69. The van der Waals surface area contributed by atoms with Crippen molar-refractivity contribution in [2.24, 2.45) is 0 Å². The van der Waals surface area contributed by atoms with Crippen LogP contribution in [0.3, 0.4) is 0 Å². The molecule has 0 aliphatic heterocycles. The number of carbonyl (C=O) groups excluding carboxylic acids is 1. The van der Waals surface area contributed by atoms with Crippen LogP contribution >= 0.6 is 11.8 Å². The lowest BCUT2D eigenvalue weighted by molar-refractivity contribution is 0.217. The maximum absolute atomic E-state index is 11.5. The van der Waals surface area contributed by atoms with Crippen LogP contribution < -0.4 is 10.1 Å². The predicted molar refractivity (Wildman–Crippen MR) is 74.9 cm³/mol. The lowest BCUT2D eigenvalue weighted by Crippen LogP contribution is -2.18. The van der Waals surface area contributed by atoms with Gasteiger partial charge in [0, 0.05) is 4.90 Å². The molecule has 0 fully saturated rings. The van der Waals surface area contributed by atoms with E-state index in [1.165, 1.54) is 0 Å². The Morgan fingerprint density at radius 2 is 2.39 bits per heavy atom. The van der Waals surface area contributed by atoms with Crippen molar-refractivity contribution in [2.45, 2.75) is 31.3 Å². The zero-order valence-corrected chi connectivity index (χ0v) is 11.4. The Morgan fingerprint density at radius 3 is 3.06 bits per heavy atom. The number of ether oxygens (including phenoxy) is 1. The Morgan fingerprint density at radius 1 is 1.61 bits per heavy atom. The van der Waals surface area contributed by atoms with Gasteiger partial charge in [0.2, 0.25) is 0 Å². The minimum atomic E-state index is -0.159. The number of terminal acetylenes is 1. The summed E-state index contributed by atoms with van der Waals surface area (Å²) in [4.78, 5) is 12.3. The third kappa shape index (κ3) is 5.15. The van der Waals surface area contributed by atoms with Gasteiger partial charge in [-0.05, 0) is 43.3 Å². The molecule has 0 aliphatic carbocycles. The second-order valence-corrected chi connectivity index (χ2v) is 4.81. The molecule has 1 aromatic carbocycles. The lowest BCUT2D eigenvalue weighted by atomic mass is 10.3. The highest BCUT2D eigenvalue weighted by atomic mass is 32.2. The highest BCUT2D eigenvalue weighted by Gasteiger charge is 2.06. The third-order valence-corrected chi connectivity index (χ3v) is 3.08. The van der Waals surface area contributed by atoms with Crippen molar-refractivity contribution in [1.29, 1.82) is 0 Å². The van der Waals surface area contributed by atoms with Crippen LogP contribution in [0.2, 0.25) is 0 Å². The van der Waals surface area contributed by atoms with Gasteiger partial charge in [-0.25, -0.2) is 0 Å². The summed E-state index contributed by atoms with van der Waals surface area (Å²) in [6.45, 7) is 4.32. The van der Waals surface area contributed by atoms with Crippen molar-refractivity contribution in [3.8, 4) is 18.1 Å². The van der Waals surface area contributed by atoms with E-state index in [9.17, 15) is 4.79 Å². The average Bonchev–Trinajstić information content (AvgIpc) is 2.36. The number of thioether (sulfide) groups is 1.